The molecule has 13 nitrogen and oxygen atoms in total. The molecule has 0 unspecified atom stereocenters. The van der Waals surface area contributed by atoms with Crippen LogP contribution in [0.1, 0.15) is 0 Å². The number of benzene rings is 4. The molecule has 0 amide bonds. The zero-order valence-corrected chi connectivity index (χ0v) is 20.0. The molecule has 0 spiro atoms. The van der Waals surface area contributed by atoms with Gasteiger partial charge in [-0.1, -0.05) is 11.1 Å². The molecule has 4 aromatic carbocycles. The molecule has 5 rings (SSSR count). The molecule has 16 heteroatoms. The summed E-state index contributed by atoms with van der Waals surface area (Å²) in [4.78, 5) is 0.154. The van der Waals surface area contributed by atoms with Crippen LogP contribution in [-0.4, -0.2) is 51.3 Å². The minimum atomic E-state index is -4.86. The van der Waals surface area contributed by atoms with E-state index in [1.807, 2.05) is 0 Å². The molecule has 0 aliphatic rings. The molecule has 0 saturated carbocycles. The van der Waals surface area contributed by atoms with Crippen LogP contribution in [0.5, 0.6) is 5.75 Å². The van der Waals surface area contributed by atoms with Crippen LogP contribution in [0.4, 0.5) is 0 Å². The van der Waals surface area contributed by atoms with Crippen molar-refractivity contribution in [2.45, 2.75) is 14.7 Å². The Kier molecular flexibility index (Phi) is 5.85. The Morgan fingerprint density at radius 1 is 0.833 bits per heavy atom. The number of hydrogen-bond donors (Lipinski definition) is 4. The van der Waals surface area contributed by atoms with Crippen molar-refractivity contribution in [1.29, 1.82) is 0 Å². The van der Waals surface area contributed by atoms with Crippen LogP contribution in [-0.2, 0) is 29.6 Å². The summed E-state index contributed by atoms with van der Waals surface area (Å²) in [5, 5.41) is 31.9. The minimum Gasteiger partial charge on any atom is -0.507 e. The highest BCUT2D eigenvalue weighted by molar-refractivity contribution is 7.94. The Balaban J connectivity index is 1.73. The Bertz CT molecular complexity index is 1900. The number of aromatic hydroxyl groups is 1. The topological polar surface area (TPSA) is 198 Å². The van der Waals surface area contributed by atoms with Crippen molar-refractivity contribution in [3.05, 3.63) is 54.6 Å². The fraction of sp³-hybridized carbons (Fsp3) is 0. The van der Waals surface area contributed by atoms with E-state index in [2.05, 4.69) is 19.6 Å². The van der Waals surface area contributed by atoms with Crippen LogP contribution in [0, 0.1) is 0 Å². The fourth-order valence-corrected chi connectivity index (χ4v) is 5.55. The summed E-state index contributed by atoms with van der Waals surface area (Å²) in [7, 11) is -9.68. The third kappa shape index (κ3) is 4.36. The van der Waals surface area contributed by atoms with E-state index in [1.54, 1.807) is 24.3 Å². The van der Waals surface area contributed by atoms with Gasteiger partial charge in [0.05, 0.1) is 22.6 Å². The van der Waals surface area contributed by atoms with Gasteiger partial charge in [0.25, 0.3) is 20.2 Å². The first-order valence-corrected chi connectivity index (χ1v) is 13.3. The summed E-state index contributed by atoms with van der Waals surface area (Å²) < 4.78 is 70.9. The molecule has 1 aromatic heterocycles. The molecule has 0 radical (unpaired) electrons. The molecule has 5 aromatic rings. The number of nitrogens with zero attached hydrogens (tertiary/aromatic N) is 3. The molecule has 0 atom stereocenters. The maximum Gasteiger partial charge on any atom is 0.295 e. The van der Waals surface area contributed by atoms with Crippen molar-refractivity contribution in [3.8, 4) is 11.4 Å². The molecule has 0 fully saturated rings. The largest absolute Gasteiger partial charge is 0.507 e. The van der Waals surface area contributed by atoms with Crippen LogP contribution < -0.4 is 0 Å². The van der Waals surface area contributed by atoms with Crippen LogP contribution in [0.15, 0.2) is 69.3 Å². The molecule has 36 heavy (non-hydrogen) atoms. The Morgan fingerprint density at radius 2 is 1.58 bits per heavy atom. The van der Waals surface area contributed by atoms with Crippen LogP contribution >= 0.6 is 12.0 Å². The lowest BCUT2D eigenvalue weighted by molar-refractivity contribution is -0.432. The molecule has 0 aliphatic carbocycles. The van der Waals surface area contributed by atoms with Gasteiger partial charge in [0.2, 0.25) is 0 Å². The van der Waals surface area contributed by atoms with E-state index in [1.165, 1.54) is 23.0 Å². The maximum atomic E-state index is 11.9. The predicted molar refractivity (Wildman–Crippen MR) is 126 cm³/mol. The number of rotatable bonds is 6. The standard InChI is InChI=1S/C20H13N3O10S3/c24-18-7-12(34-33-32-25)6-10-5-11(1-2-14(10)18)23-21-17-4-3-15-16(20(17)22-23)8-13(35(26,27)28)9-19(15)36(29,30)31/h1-9,24-25H,(H,26,27,28)(H,29,30,31). The first-order chi connectivity index (χ1) is 17.0. The SMILES string of the molecule is O=S(=O)(O)c1cc(S(=O)(=O)O)c2ccc3nn(-c4ccc5c(O)cc(SOOO)cc5c4)nc3c2c1. The Hall–Kier alpha value is -3.35. The Morgan fingerprint density at radius 3 is 2.28 bits per heavy atom. The van der Waals surface area contributed by atoms with Crippen LogP contribution in [0.3, 0.4) is 0 Å². The summed E-state index contributed by atoms with van der Waals surface area (Å²) in [6, 6.07) is 12.3. The molecule has 0 saturated heterocycles. The summed E-state index contributed by atoms with van der Waals surface area (Å²) in [5.41, 5.74) is 0.786. The molecule has 0 aliphatic heterocycles. The van der Waals surface area contributed by atoms with Gasteiger partial charge in [-0.05, 0) is 53.9 Å². The quantitative estimate of drug-likeness (QED) is 0.104. The van der Waals surface area contributed by atoms with E-state index in [0.717, 1.165) is 6.07 Å². The number of phenols is 1. The fourth-order valence-electron chi connectivity index (χ4n) is 3.77. The zero-order chi connectivity index (χ0) is 25.8. The van der Waals surface area contributed by atoms with Gasteiger partial charge in [0.15, 0.2) is 0 Å². The number of hydrogen-bond acceptors (Lipinski definition) is 11. The molecular weight excluding hydrogens is 538 g/mol. The highest BCUT2D eigenvalue weighted by Gasteiger charge is 2.22. The van der Waals surface area contributed by atoms with E-state index in [0.29, 0.717) is 39.5 Å². The summed E-state index contributed by atoms with van der Waals surface area (Å²) in [6.45, 7) is 0. The highest BCUT2D eigenvalue weighted by Crippen LogP contribution is 2.34. The third-order valence-electron chi connectivity index (χ3n) is 5.27. The summed E-state index contributed by atoms with van der Waals surface area (Å²) in [5.74, 6) is -0.0665. The first-order valence-electron chi connectivity index (χ1n) is 9.66. The van der Waals surface area contributed by atoms with Crippen molar-refractivity contribution in [1.82, 2.24) is 15.0 Å². The zero-order valence-electron chi connectivity index (χ0n) is 17.5. The van der Waals surface area contributed by atoms with Gasteiger partial charge in [-0.2, -0.15) is 21.6 Å². The van der Waals surface area contributed by atoms with Crippen molar-refractivity contribution in [2.24, 2.45) is 0 Å². The summed E-state index contributed by atoms with van der Waals surface area (Å²) >= 11 is 0.654. The Labute approximate surface area is 206 Å². The average molecular weight is 552 g/mol. The van der Waals surface area contributed by atoms with Crippen molar-refractivity contribution < 1.29 is 45.7 Å². The minimum absolute atomic E-state index is 0.0137. The third-order valence-corrected chi connectivity index (χ3v) is 7.56. The maximum absolute atomic E-state index is 11.9. The van der Waals surface area contributed by atoms with Crippen molar-refractivity contribution in [2.75, 3.05) is 0 Å². The number of phenolic OH excluding ortho intramolecular Hbond substituents is 1. The van der Waals surface area contributed by atoms with E-state index in [9.17, 15) is 31.0 Å². The van der Waals surface area contributed by atoms with Crippen molar-refractivity contribution in [3.63, 3.8) is 0 Å². The van der Waals surface area contributed by atoms with Gasteiger partial charge in [-0.3, -0.25) is 9.11 Å². The smallest absolute Gasteiger partial charge is 0.295 e. The molecular formula is C20H13N3O10S3. The number of aromatic nitrogens is 3. The molecule has 1 heterocycles. The van der Waals surface area contributed by atoms with E-state index in [-0.39, 0.29) is 27.6 Å². The predicted octanol–water partition coefficient (Wildman–Crippen LogP) is 3.35. The van der Waals surface area contributed by atoms with Crippen LogP contribution in [0.25, 0.3) is 38.3 Å². The second-order valence-corrected chi connectivity index (χ2v) is 11.0. The second kappa shape index (κ2) is 8.64. The average Bonchev–Trinajstić information content (AvgIpc) is 3.25. The molecule has 186 valence electrons. The van der Waals surface area contributed by atoms with E-state index < -0.39 is 30.0 Å². The van der Waals surface area contributed by atoms with Gasteiger partial charge >= 0.3 is 0 Å². The highest BCUT2D eigenvalue weighted by atomic mass is 32.2. The normalized spacial score (nSPS) is 12.6. The summed E-state index contributed by atoms with van der Waals surface area (Å²) in [6.07, 6.45) is 0. The monoisotopic (exact) mass is 551 g/mol. The van der Waals surface area contributed by atoms with E-state index >= 15 is 0 Å². The van der Waals surface area contributed by atoms with Gasteiger partial charge in [0, 0.05) is 21.1 Å². The van der Waals surface area contributed by atoms with Gasteiger partial charge in [-0.25, -0.2) is 5.26 Å². The van der Waals surface area contributed by atoms with Gasteiger partial charge in [-0.15, -0.1) is 14.5 Å². The lowest BCUT2D eigenvalue weighted by Crippen LogP contribution is -2.04. The lowest BCUT2D eigenvalue weighted by Gasteiger charge is -2.07. The van der Waals surface area contributed by atoms with Gasteiger partial charge in [0.1, 0.15) is 21.7 Å². The van der Waals surface area contributed by atoms with Gasteiger partial charge < -0.3 is 5.11 Å². The lowest BCUT2D eigenvalue weighted by atomic mass is 10.1. The van der Waals surface area contributed by atoms with E-state index in [4.69, 9.17) is 5.26 Å². The number of fused-ring (bicyclic) bond motifs is 4. The van der Waals surface area contributed by atoms with Crippen LogP contribution in [0.2, 0.25) is 0 Å². The second-order valence-electron chi connectivity index (χ2n) is 7.46. The molecule has 4 N–H and O–H groups in total. The first kappa shape index (κ1) is 24.3. The van der Waals surface area contributed by atoms with Crippen molar-refractivity contribution >= 4 is 64.9 Å². The molecule has 0 bridgehead atoms.